The number of nitrogens with zero attached hydrogens (tertiary/aromatic N) is 1. The Morgan fingerprint density at radius 1 is 1.24 bits per heavy atom. The Bertz CT molecular complexity index is 450. The smallest absolute Gasteiger partial charge is 0.225 e. The predicted octanol–water partition coefficient (Wildman–Crippen LogP) is 3.07. The van der Waals surface area contributed by atoms with Crippen LogP contribution in [0.3, 0.4) is 0 Å². The van der Waals surface area contributed by atoms with Gasteiger partial charge in [0.1, 0.15) is 5.75 Å². The summed E-state index contributed by atoms with van der Waals surface area (Å²) in [4.78, 5) is 14.1. The third-order valence-corrected chi connectivity index (χ3v) is 4.39. The molecule has 0 aliphatic heterocycles. The van der Waals surface area contributed by atoms with Gasteiger partial charge in [0.25, 0.3) is 0 Å². The second-order valence-corrected chi connectivity index (χ2v) is 6.09. The first-order valence-corrected chi connectivity index (χ1v) is 7.80. The van der Waals surface area contributed by atoms with E-state index in [1.165, 1.54) is 12.8 Å². The number of carbonyl (C=O) groups is 1. The van der Waals surface area contributed by atoms with Crippen LogP contribution in [0.1, 0.15) is 39.0 Å². The molecule has 1 fully saturated rings. The number of rotatable bonds is 5. The number of amides is 1. The fraction of sp³-hybridized carbons (Fsp3) is 0.588. The van der Waals surface area contributed by atoms with Gasteiger partial charge in [0.15, 0.2) is 0 Å². The van der Waals surface area contributed by atoms with Crippen molar-refractivity contribution in [1.82, 2.24) is 4.90 Å². The van der Waals surface area contributed by atoms with Crippen LogP contribution in [0, 0.1) is 5.92 Å². The lowest BCUT2D eigenvalue weighted by Crippen LogP contribution is -2.39. The molecule has 4 heteroatoms. The minimum atomic E-state index is 0.171. The molecule has 116 valence electrons. The van der Waals surface area contributed by atoms with E-state index < -0.39 is 0 Å². The van der Waals surface area contributed by atoms with E-state index in [1.54, 1.807) is 12.1 Å². The van der Waals surface area contributed by atoms with Crippen LogP contribution in [0.2, 0.25) is 0 Å². The summed E-state index contributed by atoms with van der Waals surface area (Å²) in [5, 5.41) is 0. The maximum atomic E-state index is 12.2. The first-order chi connectivity index (χ1) is 10.1. The van der Waals surface area contributed by atoms with Gasteiger partial charge in [0.05, 0.1) is 13.0 Å². The van der Waals surface area contributed by atoms with Gasteiger partial charge in [-0.25, -0.2) is 0 Å². The van der Waals surface area contributed by atoms with E-state index >= 15 is 0 Å². The molecule has 1 aliphatic rings. The normalized spacial score (nSPS) is 21.8. The highest BCUT2D eigenvalue weighted by molar-refractivity contribution is 5.76. The summed E-state index contributed by atoms with van der Waals surface area (Å²) >= 11 is 0. The Morgan fingerprint density at radius 2 is 1.86 bits per heavy atom. The molecule has 1 aromatic carbocycles. The van der Waals surface area contributed by atoms with E-state index in [0.717, 1.165) is 24.5 Å². The number of nitrogen functional groups attached to an aromatic ring is 1. The standard InChI is InChI=1S/C17H26N2O2/c1-13-3-7-15(8-4-13)19(2)17(20)11-12-21-16-9-5-14(18)6-10-16/h5-6,9-10,13,15H,3-4,7-8,11-12,18H2,1-2H3. The fourth-order valence-electron chi connectivity index (χ4n) is 2.83. The van der Waals surface area contributed by atoms with E-state index in [2.05, 4.69) is 6.92 Å². The fourth-order valence-corrected chi connectivity index (χ4v) is 2.83. The zero-order valence-electron chi connectivity index (χ0n) is 13.0. The van der Waals surface area contributed by atoms with Crippen molar-refractivity contribution in [3.05, 3.63) is 24.3 Å². The molecule has 1 aliphatic carbocycles. The van der Waals surface area contributed by atoms with Gasteiger partial charge in [-0.3, -0.25) is 4.79 Å². The Balaban J connectivity index is 1.72. The van der Waals surface area contributed by atoms with E-state index in [-0.39, 0.29) is 5.91 Å². The molecule has 0 atom stereocenters. The first kappa shape index (κ1) is 15.7. The molecule has 0 radical (unpaired) electrons. The van der Waals surface area contributed by atoms with Crippen LogP contribution in [0.5, 0.6) is 5.75 Å². The van der Waals surface area contributed by atoms with Crippen LogP contribution >= 0.6 is 0 Å². The van der Waals surface area contributed by atoms with Crippen LogP contribution in [0.25, 0.3) is 0 Å². The summed E-state index contributed by atoms with van der Waals surface area (Å²) in [7, 11) is 1.92. The van der Waals surface area contributed by atoms with Crippen molar-refractivity contribution in [1.29, 1.82) is 0 Å². The van der Waals surface area contributed by atoms with Crippen LogP contribution in [0.4, 0.5) is 5.69 Å². The van der Waals surface area contributed by atoms with Gasteiger partial charge in [-0.15, -0.1) is 0 Å². The minimum absolute atomic E-state index is 0.171. The molecule has 2 N–H and O–H groups in total. The quantitative estimate of drug-likeness (QED) is 0.848. The van der Waals surface area contributed by atoms with Crippen molar-refractivity contribution in [3.8, 4) is 5.75 Å². The molecule has 0 aromatic heterocycles. The summed E-state index contributed by atoms with van der Waals surface area (Å²) in [5.74, 6) is 1.73. The third kappa shape index (κ3) is 4.66. The molecule has 0 spiro atoms. The monoisotopic (exact) mass is 290 g/mol. The van der Waals surface area contributed by atoms with E-state index in [4.69, 9.17) is 10.5 Å². The Hall–Kier alpha value is -1.71. The van der Waals surface area contributed by atoms with E-state index in [1.807, 2.05) is 24.1 Å². The molecule has 4 nitrogen and oxygen atoms in total. The SMILES string of the molecule is CC1CCC(N(C)C(=O)CCOc2ccc(N)cc2)CC1. The van der Waals surface area contributed by atoms with Gasteiger partial charge >= 0.3 is 0 Å². The average Bonchev–Trinajstić information content (AvgIpc) is 2.49. The molecule has 0 saturated heterocycles. The molecule has 1 saturated carbocycles. The molecule has 0 heterocycles. The van der Waals surface area contributed by atoms with Crippen molar-refractivity contribution < 1.29 is 9.53 Å². The minimum Gasteiger partial charge on any atom is -0.493 e. The topological polar surface area (TPSA) is 55.6 Å². The Labute approximate surface area is 127 Å². The Morgan fingerprint density at radius 3 is 2.48 bits per heavy atom. The molecule has 0 bridgehead atoms. The number of carbonyl (C=O) groups excluding carboxylic acids is 1. The van der Waals surface area contributed by atoms with Crippen molar-refractivity contribution in [2.24, 2.45) is 5.92 Å². The van der Waals surface area contributed by atoms with Crippen LogP contribution < -0.4 is 10.5 Å². The average molecular weight is 290 g/mol. The van der Waals surface area contributed by atoms with Gasteiger partial charge < -0.3 is 15.4 Å². The maximum absolute atomic E-state index is 12.2. The predicted molar refractivity (Wildman–Crippen MR) is 85.2 cm³/mol. The van der Waals surface area contributed by atoms with Gasteiger partial charge in [-0.2, -0.15) is 0 Å². The summed E-state index contributed by atoms with van der Waals surface area (Å²) < 4.78 is 5.58. The number of anilines is 1. The maximum Gasteiger partial charge on any atom is 0.225 e. The second-order valence-electron chi connectivity index (χ2n) is 6.09. The molecule has 21 heavy (non-hydrogen) atoms. The number of ether oxygens (including phenoxy) is 1. The van der Waals surface area contributed by atoms with Crippen LogP contribution in [0.15, 0.2) is 24.3 Å². The molecule has 2 rings (SSSR count). The molecular weight excluding hydrogens is 264 g/mol. The number of nitrogens with two attached hydrogens (primary N) is 1. The van der Waals surface area contributed by atoms with Gasteiger partial charge in [0.2, 0.25) is 5.91 Å². The molecular formula is C17H26N2O2. The van der Waals surface area contributed by atoms with Crippen molar-refractivity contribution in [2.45, 2.75) is 45.1 Å². The third-order valence-electron chi connectivity index (χ3n) is 4.39. The molecule has 0 unspecified atom stereocenters. The largest absolute Gasteiger partial charge is 0.493 e. The molecule has 1 aromatic rings. The lowest BCUT2D eigenvalue weighted by atomic mass is 9.86. The summed E-state index contributed by atoms with van der Waals surface area (Å²) in [6, 6.07) is 7.65. The van der Waals surface area contributed by atoms with Crippen molar-refractivity contribution >= 4 is 11.6 Å². The van der Waals surface area contributed by atoms with Gasteiger partial charge in [-0.05, 0) is 55.9 Å². The van der Waals surface area contributed by atoms with Crippen molar-refractivity contribution in [3.63, 3.8) is 0 Å². The van der Waals surface area contributed by atoms with Crippen LogP contribution in [-0.2, 0) is 4.79 Å². The Kier molecular flexibility index (Phi) is 5.48. The molecule has 1 amide bonds. The highest BCUT2D eigenvalue weighted by Crippen LogP contribution is 2.26. The van der Waals surface area contributed by atoms with Gasteiger partial charge in [0, 0.05) is 18.8 Å². The van der Waals surface area contributed by atoms with Crippen LogP contribution in [-0.4, -0.2) is 30.5 Å². The van der Waals surface area contributed by atoms with E-state index in [0.29, 0.717) is 24.8 Å². The van der Waals surface area contributed by atoms with Crippen molar-refractivity contribution in [2.75, 3.05) is 19.4 Å². The zero-order chi connectivity index (χ0) is 15.2. The number of hydrogen-bond acceptors (Lipinski definition) is 3. The highest BCUT2D eigenvalue weighted by Gasteiger charge is 2.24. The number of benzene rings is 1. The lowest BCUT2D eigenvalue weighted by Gasteiger charge is -2.33. The van der Waals surface area contributed by atoms with E-state index in [9.17, 15) is 4.79 Å². The zero-order valence-corrected chi connectivity index (χ0v) is 13.0. The van der Waals surface area contributed by atoms with Gasteiger partial charge in [-0.1, -0.05) is 6.92 Å². The summed E-state index contributed by atoms with van der Waals surface area (Å²) in [5.41, 5.74) is 6.33. The number of hydrogen-bond donors (Lipinski definition) is 1. The second kappa shape index (κ2) is 7.34. The lowest BCUT2D eigenvalue weighted by molar-refractivity contribution is -0.133. The summed E-state index contributed by atoms with van der Waals surface area (Å²) in [6.45, 7) is 2.70. The highest BCUT2D eigenvalue weighted by atomic mass is 16.5. The summed E-state index contributed by atoms with van der Waals surface area (Å²) in [6.07, 6.45) is 5.13. The first-order valence-electron chi connectivity index (χ1n) is 7.80.